The van der Waals surface area contributed by atoms with Crippen LogP contribution in [0.25, 0.3) is 0 Å². The van der Waals surface area contributed by atoms with E-state index in [1.54, 1.807) is 12.1 Å². The fraction of sp³-hybridized carbons (Fsp3) is 0.500. The molecule has 1 aromatic rings. The summed E-state index contributed by atoms with van der Waals surface area (Å²) in [4.78, 5) is 25.3. The van der Waals surface area contributed by atoms with Crippen LogP contribution in [-0.2, 0) is 0 Å². The SMILES string of the molecule is CCC1(C)CCCN(C(=O)c2cccc(C(=O)O)c2)C1. The molecule has 1 aliphatic rings. The van der Waals surface area contributed by atoms with Gasteiger partial charge < -0.3 is 10.0 Å². The second-order valence-corrected chi connectivity index (χ2v) is 5.88. The van der Waals surface area contributed by atoms with Crippen molar-refractivity contribution >= 4 is 11.9 Å². The second kappa shape index (κ2) is 5.65. The average Bonchev–Trinajstić information content (AvgIpc) is 2.46. The maximum absolute atomic E-state index is 12.5. The van der Waals surface area contributed by atoms with Gasteiger partial charge in [-0.3, -0.25) is 4.79 Å². The first-order chi connectivity index (χ1) is 9.45. The van der Waals surface area contributed by atoms with Crippen molar-refractivity contribution in [3.8, 4) is 0 Å². The first-order valence-corrected chi connectivity index (χ1v) is 7.08. The molecule has 1 atom stereocenters. The van der Waals surface area contributed by atoms with Crippen LogP contribution in [0.3, 0.4) is 0 Å². The third kappa shape index (κ3) is 3.00. The number of carboxylic acid groups (broad SMARTS) is 1. The molecule has 108 valence electrons. The van der Waals surface area contributed by atoms with Gasteiger partial charge in [0.05, 0.1) is 5.56 Å². The molecule has 1 amide bonds. The van der Waals surface area contributed by atoms with Gasteiger partial charge in [0.15, 0.2) is 0 Å². The molecule has 0 spiro atoms. The highest BCUT2D eigenvalue weighted by molar-refractivity contribution is 5.97. The van der Waals surface area contributed by atoms with Gasteiger partial charge in [-0.15, -0.1) is 0 Å². The summed E-state index contributed by atoms with van der Waals surface area (Å²) >= 11 is 0. The molecule has 1 aliphatic heterocycles. The molecule has 0 saturated carbocycles. The van der Waals surface area contributed by atoms with E-state index in [1.165, 1.54) is 12.1 Å². The monoisotopic (exact) mass is 275 g/mol. The number of aromatic carboxylic acids is 1. The third-order valence-corrected chi connectivity index (χ3v) is 4.28. The van der Waals surface area contributed by atoms with Gasteiger partial charge in [0, 0.05) is 18.7 Å². The maximum Gasteiger partial charge on any atom is 0.335 e. The zero-order valence-corrected chi connectivity index (χ0v) is 12.1. The smallest absolute Gasteiger partial charge is 0.335 e. The molecular formula is C16H21NO3. The van der Waals surface area contributed by atoms with Crippen LogP contribution in [-0.4, -0.2) is 35.0 Å². The first-order valence-electron chi connectivity index (χ1n) is 7.08. The second-order valence-electron chi connectivity index (χ2n) is 5.88. The van der Waals surface area contributed by atoms with Crippen LogP contribution in [0.5, 0.6) is 0 Å². The minimum atomic E-state index is -1.00. The van der Waals surface area contributed by atoms with Crippen LogP contribution in [0.1, 0.15) is 53.8 Å². The van der Waals surface area contributed by atoms with E-state index in [1.807, 2.05) is 4.90 Å². The first kappa shape index (κ1) is 14.6. The number of carbonyl (C=O) groups excluding carboxylic acids is 1. The van der Waals surface area contributed by atoms with Crippen molar-refractivity contribution in [1.82, 2.24) is 4.90 Å². The van der Waals surface area contributed by atoms with E-state index in [2.05, 4.69) is 13.8 Å². The van der Waals surface area contributed by atoms with Gasteiger partial charge in [0.2, 0.25) is 0 Å². The van der Waals surface area contributed by atoms with Crippen LogP contribution in [0, 0.1) is 5.41 Å². The summed E-state index contributed by atoms with van der Waals surface area (Å²) in [5, 5.41) is 9.00. The number of likely N-dealkylation sites (tertiary alicyclic amines) is 1. The molecule has 1 saturated heterocycles. The molecule has 0 radical (unpaired) electrons. The van der Waals surface area contributed by atoms with Crippen LogP contribution in [0.2, 0.25) is 0 Å². The van der Waals surface area contributed by atoms with E-state index in [4.69, 9.17) is 5.11 Å². The molecule has 2 rings (SSSR count). The van der Waals surface area contributed by atoms with Gasteiger partial charge in [0.25, 0.3) is 5.91 Å². The molecule has 1 fully saturated rings. The third-order valence-electron chi connectivity index (χ3n) is 4.28. The number of amides is 1. The summed E-state index contributed by atoms with van der Waals surface area (Å²) in [5.74, 6) is -1.07. The van der Waals surface area contributed by atoms with Crippen molar-refractivity contribution in [2.45, 2.75) is 33.1 Å². The minimum Gasteiger partial charge on any atom is -0.478 e. The van der Waals surface area contributed by atoms with Crippen molar-refractivity contribution in [3.05, 3.63) is 35.4 Å². The number of piperidine rings is 1. The molecule has 0 bridgehead atoms. The standard InChI is InChI=1S/C16H21NO3/c1-3-16(2)8-5-9-17(11-16)14(18)12-6-4-7-13(10-12)15(19)20/h4,6-7,10H,3,5,8-9,11H2,1-2H3,(H,19,20). The van der Waals surface area contributed by atoms with Gasteiger partial charge in [-0.25, -0.2) is 4.79 Å². The molecule has 0 aromatic heterocycles. The number of benzene rings is 1. The molecule has 1 aromatic carbocycles. The summed E-state index contributed by atoms with van der Waals surface area (Å²) < 4.78 is 0. The topological polar surface area (TPSA) is 57.6 Å². The summed E-state index contributed by atoms with van der Waals surface area (Å²) in [6.45, 7) is 5.87. The van der Waals surface area contributed by atoms with E-state index in [-0.39, 0.29) is 16.9 Å². The lowest BCUT2D eigenvalue weighted by Crippen LogP contribution is -2.44. The Morgan fingerprint density at radius 3 is 2.70 bits per heavy atom. The minimum absolute atomic E-state index is 0.0625. The molecule has 1 heterocycles. The van der Waals surface area contributed by atoms with Crippen molar-refractivity contribution in [3.63, 3.8) is 0 Å². The van der Waals surface area contributed by atoms with E-state index >= 15 is 0 Å². The summed E-state index contributed by atoms with van der Waals surface area (Å²) in [6, 6.07) is 6.28. The van der Waals surface area contributed by atoms with Crippen LogP contribution >= 0.6 is 0 Å². The van der Waals surface area contributed by atoms with Crippen LogP contribution in [0.15, 0.2) is 24.3 Å². The number of hydrogen-bond donors (Lipinski definition) is 1. The number of carboxylic acids is 1. The molecule has 0 aliphatic carbocycles. The van der Waals surface area contributed by atoms with Gasteiger partial charge in [-0.05, 0) is 42.9 Å². The Morgan fingerprint density at radius 1 is 1.35 bits per heavy atom. The summed E-state index contributed by atoms with van der Waals surface area (Å²) in [7, 11) is 0. The number of nitrogens with zero attached hydrogens (tertiary/aromatic N) is 1. The highest BCUT2D eigenvalue weighted by Gasteiger charge is 2.32. The van der Waals surface area contributed by atoms with E-state index < -0.39 is 5.97 Å². The summed E-state index contributed by atoms with van der Waals surface area (Å²) in [6.07, 6.45) is 3.20. The Kier molecular flexibility index (Phi) is 4.12. The predicted octanol–water partition coefficient (Wildman–Crippen LogP) is 3.04. The number of hydrogen-bond acceptors (Lipinski definition) is 2. The van der Waals surface area contributed by atoms with Gasteiger partial charge in [-0.2, -0.15) is 0 Å². The van der Waals surface area contributed by atoms with Crippen molar-refractivity contribution in [2.24, 2.45) is 5.41 Å². The Labute approximate surface area is 119 Å². The van der Waals surface area contributed by atoms with Gasteiger partial charge in [-0.1, -0.05) is 19.9 Å². The normalized spacial score (nSPS) is 22.6. The number of rotatable bonds is 3. The average molecular weight is 275 g/mol. The summed E-state index contributed by atoms with van der Waals surface area (Å²) in [5.41, 5.74) is 0.801. The Hall–Kier alpha value is -1.84. The lowest BCUT2D eigenvalue weighted by atomic mass is 9.79. The zero-order valence-electron chi connectivity index (χ0n) is 12.1. The molecular weight excluding hydrogens is 254 g/mol. The highest BCUT2D eigenvalue weighted by atomic mass is 16.4. The van der Waals surface area contributed by atoms with Crippen molar-refractivity contribution in [2.75, 3.05) is 13.1 Å². The predicted molar refractivity (Wildman–Crippen MR) is 76.9 cm³/mol. The Balaban J connectivity index is 2.19. The molecule has 1 unspecified atom stereocenters. The quantitative estimate of drug-likeness (QED) is 0.922. The molecule has 4 heteroatoms. The zero-order chi connectivity index (χ0) is 14.8. The Morgan fingerprint density at radius 2 is 2.05 bits per heavy atom. The van der Waals surface area contributed by atoms with Gasteiger partial charge in [0.1, 0.15) is 0 Å². The molecule has 20 heavy (non-hydrogen) atoms. The van der Waals surface area contributed by atoms with Crippen LogP contribution in [0.4, 0.5) is 0 Å². The van der Waals surface area contributed by atoms with Crippen LogP contribution < -0.4 is 0 Å². The number of carbonyl (C=O) groups is 2. The maximum atomic E-state index is 12.5. The lowest BCUT2D eigenvalue weighted by Gasteiger charge is -2.40. The van der Waals surface area contributed by atoms with E-state index in [9.17, 15) is 9.59 Å². The fourth-order valence-electron chi connectivity index (χ4n) is 2.75. The van der Waals surface area contributed by atoms with E-state index in [0.29, 0.717) is 5.56 Å². The largest absolute Gasteiger partial charge is 0.478 e. The van der Waals surface area contributed by atoms with Crippen molar-refractivity contribution in [1.29, 1.82) is 0 Å². The Bertz CT molecular complexity index is 526. The molecule has 4 nitrogen and oxygen atoms in total. The highest BCUT2D eigenvalue weighted by Crippen LogP contribution is 2.33. The molecule has 1 N–H and O–H groups in total. The van der Waals surface area contributed by atoms with Crippen molar-refractivity contribution < 1.29 is 14.7 Å². The van der Waals surface area contributed by atoms with Gasteiger partial charge >= 0.3 is 5.97 Å². The van der Waals surface area contributed by atoms with E-state index in [0.717, 1.165) is 32.4 Å². The fourth-order valence-corrected chi connectivity index (χ4v) is 2.75. The lowest BCUT2D eigenvalue weighted by molar-refractivity contribution is 0.0543.